The van der Waals surface area contributed by atoms with Gasteiger partial charge in [0, 0.05) is 43.3 Å². The van der Waals surface area contributed by atoms with Gasteiger partial charge in [0.1, 0.15) is 16.5 Å². The van der Waals surface area contributed by atoms with E-state index in [1.165, 1.54) is 30.6 Å². The number of nitrogens with zero attached hydrogens (tertiary/aromatic N) is 4. The van der Waals surface area contributed by atoms with E-state index in [1.54, 1.807) is 0 Å². The van der Waals surface area contributed by atoms with E-state index in [1.807, 2.05) is 17.6 Å². The van der Waals surface area contributed by atoms with Crippen LogP contribution in [0, 0.1) is 0 Å². The van der Waals surface area contributed by atoms with E-state index >= 15 is 0 Å². The summed E-state index contributed by atoms with van der Waals surface area (Å²) in [5, 5.41) is 5.67. The zero-order valence-corrected chi connectivity index (χ0v) is 17.1. The van der Waals surface area contributed by atoms with E-state index in [4.69, 9.17) is 0 Å². The van der Waals surface area contributed by atoms with E-state index in [0.717, 1.165) is 49.1 Å². The van der Waals surface area contributed by atoms with Crippen LogP contribution in [0.25, 0.3) is 10.6 Å². The van der Waals surface area contributed by atoms with Crippen LogP contribution in [0.1, 0.15) is 43.6 Å². The topological polar surface area (TPSA) is 61.4 Å². The number of hydrogen-bond acceptors (Lipinski definition) is 6. The van der Waals surface area contributed by atoms with Crippen LogP contribution >= 0.6 is 11.3 Å². The maximum absolute atomic E-state index is 12.4. The van der Waals surface area contributed by atoms with Crippen LogP contribution in [0.3, 0.4) is 0 Å². The highest BCUT2D eigenvalue weighted by Gasteiger charge is 2.15. The monoisotopic (exact) mass is 387 g/mol. The van der Waals surface area contributed by atoms with Crippen molar-refractivity contribution in [3.05, 3.63) is 29.4 Å². The Kier molecular flexibility index (Phi) is 7.18. The minimum atomic E-state index is -0.102. The predicted molar refractivity (Wildman–Crippen MR) is 112 cm³/mol. The number of amides is 1. The van der Waals surface area contributed by atoms with Gasteiger partial charge in [0.15, 0.2) is 0 Å². The molecule has 6 nitrogen and oxygen atoms in total. The summed E-state index contributed by atoms with van der Waals surface area (Å²) in [5.74, 6) is 0.905. The van der Waals surface area contributed by atoms with Crippen molar-refractivity contribution < 1.29 is 4.79 Å². The fourth-order valence-corrected chi connectivity index (χ4v) is 4.11. The molecule has 0 atom stereocenters. The zero-order valence-electron chi connectivity index (χ0n) is 16.3. The summed E-state index contributed by atoms with van der Waals surface area (Å²) in [4.78, 5) is 26.0. The second kappa shape index (κ2) is 9.80. The van der Waals surface area contributed by atoms with Gasteiger partial charge in [-0.15, -0.1) is 11.3 Å². The third-order valence-electron chi connectivity index (χ3n) is 5.02. The number of rotatable bonds is 8. The molecule has 0 spiro atoms. The SMILES string of the molecule is CCN(CC)CCNC(=O)c1csc(-c2ccnc(N3CCCCC3)c2)n1. The van der Waals surface area contributed by atoms with Crippen molar-refractivity contribution >= 4 is 23.1 Å². The number of carbonyl (C=O) groups excluding carboxylic acids is 1. The molecule has 146 valence electrons. The molecule has 0 saturated carbocycles. The predicted octanol–water partition coefficient (Wildman–Crippen LogP) is 3.27. The molecule has 7 heteroatoms. The van der Waals surface area contributed by atoms with Crippen molar-refractivity contribution in [1.82, 2.24) is 20.2 Å². The van der Waals surface area contributed by atoms with Crippen molar-refractivity contribution in [3.8, 4) is 10.6 Å². The summed E-state index contributed by atoms with van der Waals surface area (Å²) in [5.41, 5.74) is 1.52. The van der Waals surface area contributed by atoms with E-state index in [0.29, 0.717) is 12.2 Å². The average molecular weight is 388 g/mol. The van der Waals surface area contributed by atoms with Crippen LogP contribution in [0.4, 0.5) is 5.82 Å². The molecule has 1 aliphatic rings. The number of nitrogens with one attached hydrogen (secondary N) is 1. The molecule has 0 bridgehead atoms. The highest BCUT2D eigenvalue weighted by atomic mass is 32.1. The van der Waals surface area contributed by atoms with Gasteiger partial charge >= 0.3 is 0 Å². The normalized spacial score (nSPS) is 14.6. The molecule has 0 unspecified atom stereocenters. The van der Waals surface area contributed by atoms with Gasteiger partial charge < -0.3 is 15.1 Å². The second-order valence-electron chi connectivity index (χ2n) is 6.77. The van der Waals surface area contributed by atoms with Gasteiger partial charge in [0.25, 0.3) is 5.91 Å². The molecule has 3 heterocycles. The number of thiazole rings is 1. The first-order valence-corrected chi connectivity index (χ1v) is 10.8. The largest absolute Gasteiger partial charge is 0.357 e. The van der Waals surface area contributed by atoms with Gasteiger partial charge in [-0.25, -0.2) is 9.97 Å². The van der Waals surface area contributed by atoms with Gasteiger partial charge in [-0.2, -0.15) is 0 Å². The Morgan fingerprint density at radius 1 is 1.26 bits per heavy atom. The second-order valence-corrected chi connectivity index (χ2v) is 7.63. The lowest BCUT2D eigenvalue weighted by Crippen LogP contribution is -2.34. The van der Waals surface area contributed by atoms with Crippen LogP contribution in [0.5, 0.6) is 0 Å². The van der Waals surface area contributed by atoms with Crippen molar-refractivity contribution in [3.63, 3.8) is 0 Å². The molecule has 3 rings (SSSR count). The molecule has 1 amide bonds. The van der Waals surface area contributed by atoms with Crippen LogP contribution < -0.4 is 10.2 Å². The van der Waals surface area contributed by atoms with Gasteiger partial charge in [-0.05, 0) is 44.5 Å². The zero-order chi connectivity index (χ0) is 19.1. The molecular formula is C20H29N5OS. The minimum Gasteiger partial charge on any atom is -0.357 e. The number of pyridine rings is 1. The van der Waals surface area contributed by atoms with Gasteiger partial charge in [0.05, 0.1) is 0 Å². The Hall–Kier alpha value is -1.99. The van der Waals surface area contributed by atoms with Crippen molar-refractivity contribution in [2.75, 3.05) is 44.2 Å². The molecule has 2 aromatic heterocycles. The molecule has 27 heavy (non-hydrogen) atoms. The fourth-order valence-electron chi connectivity index (χ4n) is 3.32. The van der Waals surface area contributed by atoms with E-state index in [2.05, 4.69) is 45.0 Å². The smallest absolute Gasteiger partial charge is 0.270 e. The first-order chi connectivity index (χ1) is 13.2. The van der Waals surface area contributed by atoms with Crippen LogP contribution in [0.15, 0.2) is 23.7 Å². The maximum atomic E-state index is 12.4. The summed E-state index contributed by atoms with van der Waals surface area (Å²) in [6.07, 6.45) is 5.59. The number of piperidine rings is 1. The molecule has 2 aromatic rings. The first-order valence-electron chi connectivity index (χ1n) is 9.88. The van der Waals surface area contributed by atoms with Crippen LogP contribution in [-0.2, 0) is 0 Å². The van der Waals surface area contributed by atoms with Crippen molar-refractivity contribution in [2.45, 2.75) is 33.1 Å². The Balaban J connectivity index is 1.62. The lowest BCUT2D eigenvalue weighted by atomic mass is 10.1. The lowest BCUT2D eigenvalue weighted by Gasteiger charge is -2.27. The molecular weight excluding hydrogens is 358 g/mol. The summed E-state index contributed by atoms with van der Waals surface area (Å²) >= 11 is 1.51. The van der Waals surface area contributed by atoms with Gasteiger partial charge in [-0.3, -0.25) is 4.79 Å². The third kappa shape index (κ3) is 5.26. The highest BCUT2D eigenvalue weighted by molar-refractivity contribution is 7.13. The summed E-state index contributed by atoms with van der Waals surface area (Å²) < 4.78 is 0. The Labute approximate surface area is 165 Å². The number of hydrogen-bond donors (Lipinski definition) is 1. The average Bonchev–Trinajstić information content (AvgIpc) is 3.22. The van der Waals surface area contributed by atoms with E-state index in [-0.39, 0.29) is 5.91 Å². The third-order valence-corrected chi connectivity index (χ3v) is 5.91. The van der Waals surface area contributed by atoms with Gasteiger partial charge in [-0.1, -0.05) is 13.8 Å². The molecule has 0 aromatic carbocycles. The highest BCUT2D eigenvalue weighted by Crippen LogP contribution is 2.27. The summed E-state index contributed by atoms with van der Waals surface area (Å²) in [6, 6.07) is 4.06. The molecule has 0 radical (unpaired) electrons. The first kappa shape index (κ1) is 19.8. The number of anilines is 1. The van der Waals surface area contributed by atoms with Crippen LogP contribution in [0.2, 0.25) is 0 Å². The molecule has 1 fully saturated rings. The molecule has 1 saturated heterocycles. The van der Waals surface area contributed by atoms with Crippen LogP contribution in [-0.4, -0.2) is 60.0 Å². The quantitative estimate of drug-likeness (QED) is 0.753. The van der Waals surface area contributed by atoms with Gasteiger partial charge in [0.2, 0.25) is 0 Å². The minimum absolute atomic E-state index is 0.102. The molecule has 1 N–H and O–H groups in total. The molecule has 1 aliphatic heterocycles. The van der Waals surface area contributed by atoms with E-state index in [9.17, 15) is 4.79 Å². The van der Waals surface area contributed by atoms with Crippen molar-refractivity contribution in [1.29, 1.82) is 0 Å². The number of likely N-dealkylation sites (N-methyl/N-ethyl adjacent to an activating group) is 1. The van der Waals surface area contributed by atoms with Crippen molar-refractivity contribution in [2.24, 2.45) is 0 Å². The maximum Gasteiger partial charge on any atom is 0.270 e. The standard InChI is InChI=1S/C20H29N5OS/c1-3-24(4-2)13-10-22-19(26)17-15-27-20(23-17)16-8-9-21-18(14-16)25-11-6-5-7-12-25/h8-9,14-15H,3-7,10-13H2,1-2H3,(H,22,26). The summed E-state index contributed by atoms with van der Waals surface area (Å²) in [7, 11) is 0. The van der Waals surface area contributed by atoms with E-state index < -0.39 is 0 Å². The lowest BCUT2D eigenvalue weighted by molar-refractivity contribution is 0.0944. The molecule has 0 aliphatic carbocycles. The fraction of sp³-hybridized carbons (Fsp3) is 0.550. The number of aromatic nitrogens is 2. The Bertz CT molecular complexity index is 737. The Morgan fingerprint density at radius 3 is 2.78 bits per heavy atom. The Morgan fingerprint density at radius 2 is 2.04 bits per heavy atom. The number of carbonyl (C=O) groups is 1. The summed E-state index contributed by atoms with van der Waals surface area (Å²) in [6.45, 7) is 9.88.